The number of carboxylic acids is 1. The van der Waals surface area contributed by atoms with Crippen molar-refractivity contribution in [2.24, 2.45) is 0 Å². The normalized spacial score (nSPS) is 15.0. The quantitative estimate of drug-likeness (QED) is 0.796. The van der Waals surface area contributed by atoms with Gasteiger partial charge in [-0.15, -0.1) is 0 Å². The second kappa shape index (κ2) is 7.36. The highest BCUT2D eigenvalue weighted by atomic mass is 16.4. The lowest BCUT2D eigenvalue weighted by Crippen LogP contribution is -2.35. The topological polar surface area (TPSA) is 89.9 Å². The van der Waals surface area contributed by atoms with Gasteiger partial charge in [-0.25, -0.2) is 4.79 Å². The molecule has 1 aliphatic heterocycles. The van der Waals surface area contributed by atoms with Crippen molar-refractivity contribution < 1.29 is 19.8 Å². The Morgan fingerprint density at radius 3 is 2.36 bits per heavy atom. The van der Waals surface area contributed by atoms with Gasteiger partial charge in [0.2, 0.25) is 0 Å². The fourth-order valence-corrected chi connectivity index (χ4v) is 2.93. The number of nitrogens with one attached hydrogen (secondary N) is 1. The summed E-state index contributed by atoms with van der Waals surface area (Å²) in [6.45, 7) is 1.39. The number of aliphatic hydroxyl groups is 1. The van der Waals surface area contributed by atoms with Crippen LogP contribution in [0.2, 0.25) is 0 Å². The summed E-state index contributed by atoms with van der Waals surface area (Å²) in [6.07, 6.45) is 1.06. The number of anilines is 2. The van der Waals surface area contributed by atoms with E-state index in [1.807, 2.05) is 6.07 Å². The summed E-state index contributed by atoms with van der Waals surface area (Å²) in [5.41, 5.74) is 1.61. The van der Waals surface area contributed by atoms with Crippen LogP contribution in [0.3, 0.4) is 0 Å². The van der Waals surface area contributed by atoms with Gasteiger partial charge >= 0.3 is 5.97 Å². The van der Waals surface area contributed by atoms with Gasteiger partial charge in [0.05, 0.1) is 17.4 Å². The van der Waals surface area contributed by atoms with E-state index in [1.54, 1.807) is 36.4 Å². The fourth-order valence-electron chi connectivity index (χ4n) is 2.93. The predicted octanol–water partition coefficient (Wildman–Crippen LogP) is 2.60. The summed E-state index contributed by atoms with van der Waals surface area (Å²) >= 11 is 0. The Bertz CT molecular complexity index is 768. The van der Waals surface area contributed by atoms with E-state index in [4.69, 9.17) is 0 Å². The van der Waals surface area contributed by atoms with Crippen molar-refractivity contribution in [1.82, 2.24) is 0 Å². The van der Waals surface area contributed by atoms with Crippen molar-refractivity contribution in [3.8, 4) is 0 Å². The number of benzene rings is 2. The standard InChI is InChI=1S/C19H20N2O4/c22-15-8-10-21(11-9-15)14-6-7-16(19(24)25)17(12-14)20-18(23)13-4-2-1-3-5-13/h1-7,12,15,22H,8-11H2,(H,20,23)(H,24,25). The van der Waals surface area contributed by atoms with E-state index in [9.17, 15) is 19.8 Å². The van der Waals surface area contributed by atoms with Crippen LogP contribution in [0.25, 0.3) is 0 Å². The zero-order valence-corrected chi connectivity index (χ0v) is 13.7. The molecule has 25 heavy (non-hydrogen) atoms. The molecule has 0 unspecified atom stereocenters. The van der Waals surface area contributed by atoms with Crippen molar-refractivity contribution in [1.29, 1.82) is 0 Å². The van der Waals surface area contributed by atoms with Gasteiger partial charge < -0.3 is 20.4 Å². The average Bonchev–Trinajstić information content (AvgIpc) is 2.63. The monoisotopic (exact) mass is 340 g/mol. The summed E-state index contributed by atoms with van der Waals surface area (Å²) in [5.74, 6) is -1.45. The lowest BCUT2D eigenvalue weighted by Gasteiger charge is -2.31. The molecule has 2 aromatic rings. The molecule has 1 amide bonds. The van der Waals surface area contributed by atoms with Gasteiger partial charge in [0.25, 0.3) is 5.91 Å². The first-order chi connectivity index (χ1) is 12.0. The first-order valence-corrected chi connectivity index (χ1v) is 8.21. The Morgan fingerprint density at radius 1 is 1.04 bits per heavy atom. The van der Waals surface area contributed by atoms with E-state index in [2.05, 4.69) is 10.2 Å². The summed E-state index contributed by atoms with van der Waals surface area (Å²) in [7, 11) is 0. The summed E-state index contributed by atoms with van der Waals surface area (Å²) in [4.78, 5) is 25.9. The molecule has 130 valence electrons. The lowest BCUT2D eigenvalue weighted by molar-refractivity contribution is 0.0698. The van der Waals surface area contributed by atoms with Crippen molar-refractivity contribution in [2.75, 3.05) is 23.3 Å². The zero-order chi connectivity index (χ0) is 17.8. The molecule has 0 radical (unpaired) electrons. The highest BCUT2D eigenvalue weighted by Gasteiger charge is 2.20. The summed E-state index contributed by atoms with van der Waals surface area (Å²) in [6, 6.07) is 13.6. The van der Waals surface area contributed by atoms with Crippen molar-refractivity contribution in [3.63, 3.8) is 0 Å². The van der Waals surface area contributed by atoms with Crippen LogP contribution in [0.1, 0.15) is 33.6 Å². The Balaban J connectivity index is 1.86. The van der Waals surface area contributed by atoms with Crippen LogP contribution in [-0.4, -0.2) is 41.3 Å². The molecular weight excluding hydrogens is 320 g/mol. The first-order valence-electron chi connectivity index (χ1n) is 8.21. The maximum Gasteiger partial charge on any atom is 0.337 e. The molecule has 0 saturated carbocycles. The highest BCUT2D eigenvalue weighted by Crippen LogP contribution is 2.27. The molecule has 1 aliphatic rings. The van der Waals surface area contributed by atoms with Crippen LogP contribution in [0.5, 0.6) is 0 Å². The maximum atomic E-state index is 12.4. The minimum Gasteiger partial charge on any atom is -0.478 e. The Labute approximate surface area is 145 Å². The third-order valence-electron chi connectivity index (χ3n) is 4.35. The average molecular weight is 340 g/mol. The van der Waals surface area contributed by atoms with Crippen molar-refractivity contribution in [3.05, 3.63) is 59.7 Å². The van der Waals surface area contributed by atoms with E-state index in [0.29, 0.717) is 31.5 Å². The highest BCUT2D eigenvalue weighted by molar-refractivity contribution is 6.08. The molecule has 0 aromatic heterocycles. The van der Waals surface area contributed by atoms with Gasteiger partial charge in [0, 0.05) is 24.3 Å². The number of aliphatic hydroxyl groups excluding tert-OH is 1. The smallest absolute Gasteiger partial charge is 0.337 e. The number of carbonyl (C=O) groups excluding carboxylic acids is 1. The fraction of sp³-hybridized carbons (Fsp3) is 0.263. The van der Waals surface area contributed by atoms with Gasteiger partial charge in [-0.05, 0) is 43.2 Å². The number of carboxylic acid groups (broad SMARTS) is 1. The molecule has 0 bridgehead atoms. The van der Waals surface area contributed by atoms with Gasteiger partial charge in [0.1, 0.15) is 0 Å². The van der Waals surface area contributed by atoms with E-state index in [-0.39, 0.29) is 23.3 Å². The summed E-state index contributed by atoms with van der Waals surface area (Å²) in [5, 5.41) is 21.7. The van der Waals surface area contributed by atoms with Crippen LogP contribution in [-0.2, 0) is 0 Å². The van der Waals surface area contributed by atoms with Gasteiger partial charge in [-0.1, -0.05) is 18.2 Å². The predicted molar refractivity (Wildman–Crippen MR) is 95.3 cm³/mol. The molecule has 0 aliphatic carbocycles. The molecule has 6 heteroatoms. The molecule has 1 fully saturated rings. The Kier molecular flexibility index (Phi) is 5.00. The van der Waals surface area contributed by atoms with Crippen LogP contribution in [0.15, 0.2) is 48.5 Å². The number of rotatable bonds is 4. The van der Waals surface area contributed by atoms with Gasteiger partial charge in [-0.3, -0.25) is 4.79 Å². The zero-order valence-electron chi connectivity index (χ0n) is 13.7. The minimum atomic E-state index is -1.09. The molecule has 0 atom stereocenters. The Hall–Kier alpha value is -2.86. The maximum absolute atomic E-state index is 12.4. The molecule has 3 rings (SSSR count). The summed E-state index contributed by atoms with van der Waals surface area (Å²) < 4.78 is 0. The van der Waals surface area contributed by atoms with Crippen LogP contribution in [0.4, 0.5) is 11.4 Å². The molecule has 1 heterocycles. The third kappa shape index (κ3) is 3.97. The van der Waals surface area contributed by atoms with E-state index < -0.39 is 5.97 Å². The number of hydrogen-bond acceptors (Lipinski definition) is 4. The number of carbonyl (C=O) groups is 2. The molecule has 2 aromatic carbocycles. The van der Waals surface area contributed by atoms with E-state index in [1.165, 1.54) is 6.07 Å². The SMILES string of the molecule is O=C(Nc1cc(N2CCC(O)CC2)ccc1C(=O)O)c1ccccc1. The number of amides is 1. The molecule has 1 saturated heterocycles. The minimum absolute atomic E-state index is 0.0464. The van der Waals surface area contributed by atoms with Crippen molar-refractivity contribution in [2.45, 2.75) is 18.9 Å². The van der Waals surface area contributed by atoms with Crippen LogP contribution < -0.4 is 10.2 Å². The number of hydrogen-bond donors (Lipinski definition) is 3. The largest absolute Gasteiger partial charge is 0.478 e. The number of aromatic carboxylic acids is 1. The first kappa shape index (κ1) is 17.0. The molecule has 6 nitrogen and oxygen atoms in total. The van der Waals surface area contributed by atoms with E-state index in [0.717, 1.165) is 5.69 Å². The van der Waals surface area contributed by atoms with Crippen LogP contribution in [0, 0.1) is 0 Å². The second-order valence-corrected chi connectivity index (χ2v) is 6.07. The third-order valence-corrected chi connectivity index (χ3v) is 4.35. The Morgan fingerprint density at radius 2 is 1.72 bits per heavy atom. The number of nitrogens with zero attached hydrogens (tertiary/aromatic N) is 1. The van der Waals surface area contributed by atoms with Crippen LogP contribution >= 0.6 is 0 Å². The van der Waals surface area contributed by atoms with E-state index >= 15 is 0 Å². The van der Waals surface area contributed by atoms with Gasteiger partial charge in [0.15, 0.2) is 0 Å². The molecular formula is C19H20N2O4. The number of piperidine rings is 1. The second-order valence-electron chi connectivity index (χ2n) is 6.07. The van der Waals surface area contributed by atoms with Crippen molar-refractivity contribution >= 4 is 23.3 Å². The molecule has 3 N–H and O–H groups in total. The lowest BCUT2D eigenvalue weighted by atomic mass is 10.1. The molecule has 0 spiro atoms. The van der Waals surface area contributed by atoms with Gasteiger partial charge in [-0.2, -0.15) is 0 Å².